The van der Waals surface area contributed by atoms with Crippen LogP contribution in [-0.4, -0.2) is 170 Å². The van der Waals surface area contributed by atoms with E-state index in [1.54, 1.807) is 65.5 Å². The Morgan fingerprint density at radius 2 is 0.932 bits per heavy atom. The van der Waals surface area contributed by atoms with E-state index in [-0.39, 0.29) is 93.2 Å². The number of nitrogens with one attached hydrogen (secondary N) is 1. The molecule has 5 aromatic rings. The zero-order chi connectivity index (χ0) is 63.1. The van der Waals surface area contributed by atoms with Crippen molar-refractivity contribution in [2.24, 2.45) is 0 Å². The molecule has 0 fully saturated rings. The molecule has 5 rings (SSSR count). The van der Waals surface area contributed by atoms with Gasteiger partial charge in [-0.3, -0.25) is 28.8 Å². The number of hydrogen-bond donors (Lipinski definition) is 5. The number of aromatic nitrogens is 3. The van der Waals surface area contributed by atoms with Gasteiger partial charge >= 0.3 is 5.97 Å². The first kappa shape index (κ1) is 70.0. The SMILES string of the molecule is COc1cc(/C=C\C(=O)CC(=O)/C=C\c2ccc(O)c(CO)c2)ccc1OCc1cn(CCOCCOCCOCCOCCOCCOCCNC(=O)CCCC(=O)Oc2ccc(/C=C\C(=O)CC(=O)/C=C\c3ccc(O)c(CO)c3)cc2OC)nn1. The fourth-order valence-corrected chi connectivity index (χ4v) is 7.73. The van der Waals surface area contributed by atoms with Gasteiger partial charge in [0.25, 0.3) is 0 Å². The molecule has 1 aromatic heterocycles. The van der Waals surface area contributed by atoms with Gasteiger partial charge in [-0.25, -0.2) is 4.68 Å². The summed E-state index contributed by atoms with van der Waals surface area (Å²) in [7, 11) is 2.90. The lowest BCUT2D eigenvalue weighted by atomic mass is 10.1. The third-order valence-electron chi connectivity index (χ3n) is 12.3. The number of rotatable bonds is 45. The molecule has 88 heavy (non-hydrogen) atoms. The van der Waals surface area contributed by atoms with Crippen LogP contribution in [0.2, 0.25) is 0 Å². The molecular weight excluding hydrogens is 1140 g/mol. The first-order valence-corrected chi connectivity index (χ1v) is 28.3. The summed E-state index contributed by atoms with van der Waals surface area (Å²) in [5, 5.41) is 49.0. The molecule has 24 heteroatoms. The summed E-state index contributed by atoms with van der Waals surface area (Å²) < 4.78 is 57.2. The van der Waals surface area contributed by atoms with E-state index in [0.717, 1.165) is 0 Å². The number of phenols is 2. The van der Waals surface area contributed by atoms with E-state index in [2.05, 4.69) is 15.6 Å². The Morgan fingerprint density at radius 1 is 0.511 bits per heavy atom. The van der Waals surface area contributed by atoms with Crippen molar-refractivity contribution in [3.8, 4) is 34.5 Å². The highest BCUT2D eigenvalue weighted by Crippen LogP contribution is 2.31. The van der Waals surface area contributed by atoms with Gasteiger partial charge < -0.3 is 73.1 Å². The van der Waals surface area contributed by atoms with Crippen molar-refractivity contribution in [2.45, 2.75) is 58.5 Å². The van der Waals surface area contributed by atoms with Gasteiger partial charge in [0, 0.05) is 30.5 Å². The van der Waals surface area contributed by atoms with Gasteiger partial charge in [0.15, 0.2) is 46.1 Å². The second-order valence-electron chi connectivity index (χ2n) is 19.1. The summed E-state index contributed by atoms with van der Waals surface area (Å²) in [6.45, 7) is 4.73. The van der Waals surface area contributed by atoms with Crippen molar-refractivity contribution in [1.29, 1.82) is 0 Å². The quantitative estimate of drug-likeness (QED) is 0.0101. The van der Waals surface area contributed by atoms with Crippen LogP contribution in [0.25, 0.3) is 24.3 Å². The number of ketones is 4. The fourth-order valence-electron chi connectivity index (χ4n) is 7.73. The molecule has 0 bridgehead atoms. The Labute approximate surface area is 509 Å². The van der Waals surface area contributed by atoms with Crippen molar-refractivity contribution >= 4 is 59.3 Å². The van der Waals surface area contributed by atoms with Gasteiger partial charge in [0.2, 0.25) is 5.91 Å². The number of carbonyl (C=O) groups excluding carboxylic acids is 6. The number of hydrogen-bond acceptors (Lipinski definition) is 22. The molecule has 1 amide bonds. The van der Waals surface area contributed by atoms with Gasteiger partial charge in [-0.1, -0.05) is 53.8 Å². The minimum Gasteiger partial charge on any atom is -0.508 e. The number of esters is 1. The molecule has 0 radical (unpaired) electrons. The minimum atomic E-state index is -0.554. The number of amides is 1. The zero-order valence-corrected chi connectivity index (χ0v) is 49.3. The topological polar surface area (TPSA) is 318 Å². The van der Waals surface area contributed by atoms with Crippen molar-refractivity contribution in [2.75, 3.05) is 100 Å². The smallest absolute Gasteiger partial charge is 0.311 e. The average molecular weight is 1220 g/mol. The highest BCUT2D eigenvalue weighted by molar-refractivity contribution is 6.11. The Morgan fingerprint density at radius 3 is 1.40 bits per heavy atom. The molecule has 472 valence electrons. The third-order valence-corrected chi connectivity index (χ3v) is 12.3. The Kier molecular flexibility index (Phi) is 32.3. The first-order valence-electron chi connectivity index (χ1n) is 28.3. The number of aromatic hydroxyl groups is 2. The number of ether oxygens (including phenoxy) is 10. The maximum absolute atomic E-state index is 12.5. The van der Waals surface area contributed by atoms with Crippen LogP contribution in [0.3, 0.4) is 0 Å². The van der Waals surface area contributed by atoms with Gasteiger partial charge in [0.05, 0.1) is 132 Å². The van der Waals surface area contributed by atoms with E-state index in [0.29, 0.717) is 136 Å². The molecule has 0 aliphatic carbocycles. The molecule has 0 saturated carbocycles. The monoisotopic (exact) mass is 1220 g/mol. The lowest BCUT2D eigenvalue weighted by molar-refractivity contribution is -0.135. The predicted octanol–water partition coefficient (Wildman–Crippen LogP) is 5.77. The first-order chi connectivity index (χ1) is 42.7. The van der Waals surface area contributed by atoms with Crippen LogP contribution in [0.15, 0.2) is 103 Å². The van der Waals surface area contributed by atoms with E-state index >= 15 is 0 Å². The standard InChI is InChI=1S/C64H76N4O20/c1-79-61-38-48(8-16-55(73)40-53(71)14-6-46-10-18-57(75)50(36-46)43-69)12-20-59(61)87-45-52-42-68(67-66-52)23-25-82-27-29-84-31-33-86-35-34-85-32-30-83-28-26-81-24-22-65-63(77)4-3-5-64(78)88-60-21-13-49(39-62(60)80-2)9-17-56(74)41-54(72)15-7-47-11-19-58(76)51(37-47)44-70/h6-21,36-39,42,69-70,75-76H,3-5,22-35,40-41,43-45H2,1-2H3,(H,65,77)/b14-6-,15-7-,16-8-,17-9-. The van der Waals surface area contributed by atoms with Gasteiger partial charge in [-0.15, -0.1) is 5.10 Å². The summed E-state index contributed by atoms with van der Waals surface area (Å²) in [4.78, 5) is 74.3. The second-order valence-corrected chi connectivity index (χ2v) is 19.1. The average Bonchev–Trinajstić information content (AvgIpc) is 4.14. The molecule has 5 N–H and O–H groups in total. The third kappa shape index (κ3) is 27.8. The largest absolute Gasteiger partial charge is 0.508 e. The van der Waals surface area contributed by atoms with Crippen LogP contribution in [-0.2, 0) is 83.6 Å². The van der Waals surface area contributed by atoms with Gasteiger partial charge in [-0.05, 0) is 102 Å². The maximum atomic E-state index is 12.5. The summed E-state index contributed by atoms with van der Waals surface area (Å²) in [5.74, 6) is -1.22. The zero-order valence-electron chi connectivity index (χ0n) is 49.3. The van der Waals surface area contributed by atoms with E-state index < -0.39 is 23.3 Å². The molecule has 0 unspecified atom stereocenters. The highest BCUT2D eigenvalue weighted by atomic mass is 16.6. The molecule has 24 nitrogen and oxygen atoms in total. The van der Waals surface area contributed by atoms with Crippen LogP contribution >= 0.6 is 0 Å². The van der Waals surface area contributed by atoms with Crippen LogP contribution in [0, 0.1) is 0 Å². The van der Waals surface area contributed by atoms with Crippen molar-refractivity contribution in [3.63, 3.8) is 0 Å². The van der Waals surface area contributed by atoms with Crippen LogP contribution in [0.1, 0.15) is 71.2 Å². The molecule has 1 heterocycles. The highest BCUT2D eigenvalue weighted by Gasteiger charge is 2.14. The summed E-state index contributed by atoms with van der Waals surface area (Å²) in [5.41, 5.74) is 3.65. The van der Waals surface area contributed by atoms with Gasteiger partial charge in [0.1, 0.15) is 23.8 Å². The second kappa shape index (κ2) is 40.6. The number of aliphatic hydroxyl groups is 2. The summed E-state index contributed by atoms with van der Waals surface area (Å²) in [6, 6.07) is 18.9. The van der Waals surface area contributed by atoms with Crippen molar-refractivity contribution in [1.82, 2.24) is 20.3 Å². The molecule has 0 saturated heterocycles. The van der Waals surface area contributed by atoms with Gasteiger partial charge in [-0.2, -0.15) is 0 Å². The number of methoxy groups -OCH3 is 2. The molecule has 0 aliphatic heterocycles. The molecule has 0 aliphatic rings. The number of allylic oxidation sites excluding steroid dienone is 4. The maximum Gasteiger partial charge on any atom is 0.311 e. The fraction of sp³-hybridized carbons (Fsp3) is 0.375. The van der Waals surface area contributed by atoms with Crippen LogP contribution in [0.5, 0.6) is 34.5 Å². The lowest BCUT2D eigenvalue weighted by Crippen LogP contribution is -2.27. The number of benzene rings is 4. The Hall–Kier alpha value is -8.72. The number of carbonyl (C=O) groups is 6. The normalized spacial score (nSPS) is 11.5. The van der Waals surface area contributed by atoms with E-state index in [4.69, 9.17) is 47.4 Å². The van der Waals surface area contributed by atoms with Crippen molar-refractivity contribution in [3.05, 3.63) is 142 Å². The lowest BCUT2D eigenvalue weighted by Gasteiger charge is -2.10. The van der Waals surface area contributed by atoms with E-state index in [1.807, 2.05) is 0 Å². The van der Waals surface area contributed by atoms with E-state index in [9.17, 15) is 49.2 Å². The number of aliphatic hydroxyl groups excluding tert-OH is 2. The van der Waals surface area contributed by atoms with E-state index in [1.165, 1.54) is 81.0 Å². The summed E-state index contributed by atoms with van der Waals surface area (Å²) >= 11 is 0. The molecule has 0 atom stereocenters. The Bertz CT molecular complexity index is 3150. The summed E-state index contributed by atoms with van der Waals surface area (Å²) in [6.07, 6.45) is 12.6. The predicted molar refractivity (Wildman–Crippen MR) is 321 cm³/mol. The molecule has 0 spiro atoms. The Balaban J connectivity index is 0.779. The van der Waals surface area contributed by atoms with Crippen molar-refractivity contribution < 1.29 is 96.6 Å². The number of nitrogens with zero attached hydrogens (tertiary/aromatic N) is 3. The van der Waals surface area contributed by atoms with Crippen LogP contribution < -0.4 is 24.3 Å². The molecular formula is C64H76N4O20. The minimum absolute atomic E-state index is 0.0120. The van der Waals surface area contributed by atoms with Crippen LogP contribution in [0.4, 0.5) is 0 Å². The molecule has 4 aromatic carbocycles.